The summed E-state index contributed by atoms with van der Waals surface area (Å²) in [5.41, 5.74) is 5.42. The molecule has 0 saturated carbocycles. The maximum absolute atomic E-state index is 11.5. The molecule has 0 aliphatic carbocycles. The first kappa shape index (κ1) is 21.5. The van der Waals surface area contributed by atoms with Crippen LogP contribution in [0.25, 0.3) is 0 Å². The summed E-state index contributed by atoms with van der Waals surface area (Å²) in [6.07, 6.45) is 23.6. The predicted molar refractivity (Wildman–Crippen MR) is 105 cm³/mol. The van der Waals surface area contributed by atoms with E-state index < -0.39 is 6.03 Å². The Morgan fingerprint density at radius 3 is 1.76 bits per heavy atom. The number of rotatable bonds is 16. The summed E-state index contributed by atoms with van der Waals surface area (Å²) in [6, 6.07) is -0.423. The zero-order valence-electron chi connectivity index (χ0n) is 16.2. The number of aromatic nitrogens is 2. The van der Waals surface area contributed by atoms with Gasteiger partial charge < -0.3 is 5.73 Å². The molecule has 0 bridgehead atoms. The number of carbonyl (C=O) groups is 1. The van der Waals surface area contributed by atoms with E-state index in [-0.39, 0.29) is 0 Å². The van der Waals surface area contributed by atoms with Gasteiger partial charge in [-0.3, -0.25) is 0 Å². The first-order chi connectivity index (χ1) is 12.3. The third-order valence-corrected chi connectivity index (χ3v) is 4.75. The van der Waals surface area contributed by atoms with Gasteiger partial charge in [-0.05, 0) is 6.42 Å². The van der Waals surface area contributed by atoms with Crippen LogP contribution < -0.4 is 10.7 Å². The maximum atomic E-state index is 11.5. The van der Waals surface area contributed by atoms with E-state index in [0.717, 1.165) is 12.8 Å². The minimum atomic E-state index is -0.423. The lowest BCUT2D eigenvalue weighted by molar-refractivity contribution is 0.248. The Morgan fingerprint density at radius 2 is 1.36 bits per heavy atom. The summed E-state index contributed by atoms with van der Waals surface area (Å²) in [5.74, 6) is 0. The standard InChI is InChI=1S/C20H38N4O/c1-2-3-4-5-6-7-8-9-10-11-12-13-14-15-17-24(20(21)25)23-18-16-22-19-23/h16,18-19H,2-15,17H2,1H3,(H2,21,25). The van der Waals surface area contributed by atoms with Gasteiger partial charge in [-0.2, -0.15) is 0 Å². The largest absolute Gasteiger partial charge is 0.350 e. The molecular weight excluding hydrogens is 312 g/mol. The van der Waals surface area contributed by atoms with Gasteiger partial charge in [0.2, 0.25) is 0 Å². The van der Waals surface area contributed by atoms with Crippen LogP contribution in [0.1, 0.15) is 96.8 Å². The van der Waals surface area contributed by atoms with Gasteiger partial charge in [-0.25, -0.2) is 19.5 Å². The lowest BCUT2D eigenvalue weighted by Gasteiger charge is -2.20. The van der Waals surface area contributed by atoms with Gasteiger partial charge in [-0.1, -0.05) is 90.4 Å². The summed E-state index contributed by atoms with van der Waals surface area (Å²) in [4.78, 5) is 15.4. The predicted octanol–water partition coefficient (Wildman–Crippen LogP) is 5.38. The average molecular weight is 351 g/mol. The molecule has 2 amide bonds. The highest BCUT2D eigenvalue weighted by molar-refractivity contribution is 5.82. The van der Waals surface area contributed by atoms with Crippen LogP contribution in [-0.2, 0) is 0 Å². The third-order valence-electron chi connectivity index (χ3n) is 4.75. The van der Waals surface area contributed by atoms with E-state index in [1.54, 1.807) is 23.4 Å². The highest BCUT2D eigenvalue weighted by Crippen LogP contribution is 2.13. The lowest BCUT2D eigenvalue weighted by Crippen LogP contribution is -2.44. The molecule has 0 saturated heterocycles. The molecule has 2 N–H and O–H groups in total. The smallest absolute Gasteiger partial charge is 0.333 e. The molecule has 0 unspecified atom stereocenters. The van der Waals surface area contributed by atoms with Gasteiger partial charge in [0.25, 0.3) is 0 Å². The van der Waals surface area contributed by atoms with E-state index in [1.807, 2.05) is 0 Å². The zero-order chi connectivity index (χ0) is 18.2. The molecule has 0 aliphatic rings. The van der Waals surface area contributed by atoms with Crippen LogP contribution >= 0.6 is 0 Å². The molecule has 1 rings (SSSR count). The van der Waals surface area contributed by atoms with Crippen LogP contribution in [0.4, 0.5) is 4.79 Å². The summed E-state index contributed by atoms with van der Waals surface area (Å²) < 4.78 is 1.66. The van der Waals surface area contributed by atoms with Crippen LogP contribution in [0.5, 0.6) is 0 Å². The molecule has 0 radical (unpaired) electrons. The quantitative estimate of drug-likeness (QED) is 0.407. The normalized spacial score (nSPS) is 10.9. The molecule has 25 heavy (non-hydrogen) atoms. The van der Waals surface area contributed by atoms with Crippen LogP contribution in [0.3, 0.4) is 0 Å². The number of nitrogens with zero attached hydrogens (tertiary/aromatic N) is 3. The average Bonchev–Trinajstić information content (AvgIpc) is 3.12. The SMILES string of the molecule is CCCCCCCCCCCCCCCCN(C(N)=O)n1ccnc1. The Hall–Kier alpha value is -1.52. The van der Waals surface area contributed by atoms with Crippen molar-refractivity contribution >= 4 is 6.03 Å². The fourth-order valence-corrected chi connectivity index (χ4v) is 3.19. The Kier molecular flexibility index (Phi) is 12.7. The van der Waals surface area contributed by atoms with Crippen molar-refractivity contribution in [2.75, 3.05) is 11.6 Å². The highest BCUT2D eigenvalue weighted by Gasteiger charge is 2.10. The Labute approximate surface area is 154 Å². The Morgan fingerprint density at radius 1 is 0.880 bits per heavy atom. The van der Waals surface area contributed by atoms with Gasteiger partial charge in [0.05, 0.1) is 0 Å². The molecule has 0 atom stereocenters. The molecule has 144 valence electrons. The number of carbonyl (C=O) groups excluding carboxylic acids is 1. The molecule has 1 aromatic heterocycles. The van der Waals surface area contributed by atoms with Crippen molar-refractivity contribution < 1.29 is 4.79 Å². The number of hydrogen-bond acceptors (Lipinski definition) is 2. The second-order valence-corrected chi connectivity index (χ2v) is 7.00. The lowest BCUT2D eigenvalue weighted by atomic mass is 10.0. The first-order valence-corrected chi connectivity index (χ1v) is 10.3. The second kappa shape index (κ2) is 14.8. The van der Waals surface area contributed by atoms with Gasteiger partial charge in [-0.15, -0.1) is 0 Å². The van der Waals surface area contributed by atoms with Gasteiger partial charge in [0, 0.05) is 18.9 Å². The van der Waals surface area contributed by atoms with Gasteiger partial charge in [0.1, 0.15) is 6.33 Å². The molecule has 0 aliphatic heterocycles. The first-order valence-electron chi connectivity index (χ1n) is 10.3. The minimum Gasteiger partial charge on any atom is -0.350 e. The van der Waals surface area contributed by atoms with E-state index in [1.165, 1.54) is 82.1 Å². The molecule has 0 fully saturated rings. The molecule has 1 aromatic rings. The maximum Gasteiger partial charge on any atom is 0.333 e. The monoisotopic (exact) mass is 350 g/mol. The van der Waals surface area contributed by atoms with Crippen molar-refractivity contribution in [1.82, 2.24) is 9.66 Å². The summed E-state index contributed by atoms with van der Waals surface area (Å²) >= 11 is 0. The minimum absolute atomic E-state index is 0.423. The van der Waals surface area contributed by atoms with E-state index in [0.29, 0.717) is 6.54 Å². The fraction of sp³-hybridized carbons (Fsp3) is 0.800. The van der Waals surface area contributed by atoms with Crippen LogP contribution in [0.2, 0.25) is 0 Å². The topological polar surface area (TPSA) is 64.2 Å². The number of unbranched alkanes of at least 4 members (excludes halogenated alkanes) is 13. The number of primary amides is 1. The zero-order valence-corrected chi connectivity index (χ0v) is 16.2. The molecule has 1 heterocycles. The van der Waals surface area contributed by atoms with Crippen molar-refractivity contribution in [3.05, 3.63) is 18.7 Å². The van der Waals surface area contributed by atoms with Gasteiger partial charge >= 0.3 is 6.03 Å². The molecule has 0 spiro atoms. The fourth-order valence-electron chi connectivity index (χ4n) is 3.19. The molecule has 5 heteroatoms. The Bertz CT molecular complexity index is 419. The number of nitrogens with two attached hydrogens (primary N) is 1. The second-order valence-electron chi connectivity index (χ2n) is 7.00. The number of amides is 2. The molecule has 0 aromatic carbocycles. The van der Waals surface area contributed by atoms with E-state index in [9.17, 15) is 4.79 Å². The van der Waals surface area contributed by atoms with Crippen LogP contribution in [-0.4, -0.2) is 22.2 Å². The van der Waals surface area contributed by atoms with Crippen molar-refractivity contribution in [1.29, 1.82) is 0 Å². The van der Waals surface area contributed by atoms with Crippen molar-refractivity contribution in [2.24, 2.45) is 5.73 Å². The summed E-state index contributed by atoms with van der Waals surface area (Å²) in [7, 11) is 0. The summed E-state index contributed by atoms with van der Waals surface area (Å²) in [6.45, 7) is 2.93. The summed E-state index contributed by atoms with van der Waals surface area (Å²) in [5, 5.41) is 1.54. The number of imidazole rings is 1. The molecule has 5 nitrogen and oxygen atoms in total. The van der Waals surface area contributed by atoms with Crippen molar-refractivity contribution in [2.45, 2.75) is 96.8 Å². The van der Waals surface area contributed by atoms with Crippen molar-refractivity contribution in [3.63, 3.8) is 0 Å². The van der Waals surface area contributed by atoms with Crippen LogP contribution in [0, 0.1) is 0 Å². The number of hydrogen-bond donors (Lipinski definition) is 1. The van der Waals surface area contributed by atoms with Crippen LogP contribution in [0.15, 0.2) is 18.7 Å². The highest BCUT2D eigenvalue weighted by atomic mass is 16.2. The van der Waals surface area contributed by atoms with E-state index in [2.05, 4.69) is 11.9 Å². The molecular formula is C20H38N4O. The van der Waals surface area contributed by atoms with E-state index >= 15 is 0 Å². The van der Waals surface area contributed by atoms with Gasteiger partial charge in [0.15, 0.2) is 0 Å². The third kappa shape index (κ3) is 10.8. The van der Waals surface area contributed by atoms with Crippen molar-refractivity contribution in [3.8, 4) is 0 Å². The number of urea groups is 1. The Balaban J connectivity index is 1.88. The van der Waals surface area contributed by atoms with E-state index in [4.69, 9.17) is 5.73 Å².